The maximum Gasteiger partial charge on any atom is 0.156 e. The lowest BCUT2D eigenvalue weighted by Gasteiger charge is -2.52. The molecule has 2 nitrogen and oxygen atoms in total. The van der Waals surface area contributed by atoms with Gasteiger partial charge in [-0.25, -0.2) is 0 Å². The second-order valence-corrected chi connectivity index (χ2v) is 10.1. The first-order valence-corrected chi connectivity index (χ1v) is 11.3. The van der Waals surface area contributed by atoms with Gasteiger partial charge in [0.2, 0.25) is 0 Å². The quantitative estimate of drug-likeness (QED) is 0.677. The lowest BCUT2D eigenvalue weighted by molar-refractivity contribution is -0.114. The predicted octanol–water partition coefficient (Wildman–Crippen LogP) is 5.98. The first kappa shape index (κ1) is 19.1. The van der Waals surface area contributed by atoms with Crippen molar-refractivity contribution in [3.05, 3.63) is 64.8 Å². The van der Waals surface area contributed by atoms with Gasteiger partial charge < -0.3 is 5.11 Å². The van der Waals surface area contributed by atoms with Crippen LogP contribution in [0.1, 0.15) is 75.8 Å². The van der Waals surface area contributed by atoms with E-state index in [9.17, 15) is 9.90 Å². The van der Waals surface area contributed by atoms with Crippen LogP contribution in [0.15, 0.2) is 53.6 Å². The molecule has 1 aromatic rings. The van der Waals surface area contributed by atoms with Crippen LogP contribution in [0.4, 0.5) is 0 Å². The molecule has 1 aromatic carbocycles. The third-order valence-electron chi connectivity index (χ3n) is 8.49. The molecule has 1 N–H and O–H groups in total. The Bertz CT molecular complexity index is 932. The minimum atomic E-state index is -0.193. The van der Waals surface area contributed by atoms with Crippen molar-refractivity contribution < 1.29 is 9.90 Å². The molecule has 4 aliphatic carbocycles. The highest BCUT2D eigenvalue weighted by Gasteiger charge is 2.56. The maximum atomic E-state index is 12.1. The van der Waals surface area contributed by atoms with Gasteiger partial charge in [0.1, 0.15) is 0 Å². The molecular formula is C27H32O2. The molecule has 29 heavy (non-hydrogen) atoms. The molecule has 0 spiro atoms. The van der Waals surface area contributed by atoms with E-state index in [1.807, 2.05) is 13.0 Å². The Morgan fingerprint density at radius 3 is 2.59 bits per heavy atom. The molecule has 0 aliphatic heterocycles. The van der Waals surface area contributed by atoms with Crippen LogP contribution in [0.5, 0.6) is 0 Å². The topological polar surface area (TPSA) is 37.3 Å². The number of allylic oxidation sites excluding steroid dienone is 5. The van der Waals surface area contributed by atoms with Crippen molar-refractivity contribution in [1.82, 2.24) is 0 Å². The molecule has 5 atom stereocenters. The minimum Gasteiger partial charge on any atom is -0.393 e. The van der Waals surface area contributed by atoms with Crippen LogP contribution in [0.2, 0.25) is 0 Å². The molecule has 4 aliphatic rings. The van der Waals surface area contributed by atoms with E-state index >= 15 is 0 Å². The average Bonchev–Trinajstić information content (AvgIpc) is 3.01. The number of carbonyl (C=O) groups is 1. The Morgan fingerprint density at radius 1 is 1.10 bits per heavy atom. The molecule has 0 radical (unpaired) electrons. The van der Waals surface area contributed by atoms with Gasteiger partial charge in [-0.1, -0.05) is 48.9 Å². The van der Waals surface area contributed by atoms with Gasteiger partial charge in [0, 0.05) is 12.3 Å². The highest BCUT2D eigenvalue weighted by atomic mass is 16.3. The van der Waals surface area contributed by atoms with Gasteiger partial charge in [-0.3, -0.25) is 4.79 Å². The number of rotatable bonds is 2. The average molecular weight is 389 g/mol. The standard InChI is InChI=1S/C27H32O2/c1-16(2)17-4-6-18(7-5-17)23-15-27(3)24(12-13-25(27)29)22-10-8-19-14-20(28)9-11-21(19)26(22)23/h4-7,14,22-25,29H,1,8-13,15H2,2-3H3/t22-,23+,24-,25-,27-/m0/s1. The van der Waals surface area contributed by atoms with Gasteiger partial charge in [0.05, 0.1) is 6.10 Å². The highest BCUT2D eigenvalue weighted by Crippen LogP contribution is 2.63. The lowest BCUT2D eigenvalue weighted by atomic mass is 9.53. The number of hydrogen-bond acceptors (Lipinski definition) is 2. The summed E-state index contributed by atoms with van der Waals surface area (Å²) < 4.78 is 0. The highest BCUT2D eigenvalue weighted by molar-refractivity contribution is 5.93. The molecular weight excluding hydrogens is 356 g/mol. The molecule has 0 heterocycles. The van der Waals surface area contributed by atoms with E-state index in [0.29, 0.717) is 30.0 Å². The number of aliphatic hydroxyl groups excluding tert-OH is 1. The van der Waals surface area contributed by atoms with Crippen LogP contribution in [0, 0.1) is 17.3 Å². The zero-order valence-electron chi connectivity index (χ0n) is 17.7. The normalized spacial score (nSPS) is 36.2. The summed E-state index contributed by atoms with van der Waals surface area (Å²) in [5, 5.41) is 10.9. The zero-order chi connectivity index (χ0) is 20.3. The van der Waals surface area contributed by atoms with Crippen molar-refractivity contribution in [3.63, 3.8) is 0 Å². The molecule has 152 valence electrons. The van der Waals surface area contributed by atoms with E-state index in [4.69, 9.17) is 0 Å². The summed E-state index contributed by atoms with van der Waals surface area (Å²) in [7, 11) is 0. The summed E-state index contributed by atoms with van der Waals surface area (Å²) in [6.45, 7) is 8.46. The van der Waals surface area contributed by atoms with Crippen molar-refractivity contribution in [2.75, 3.05) is 0 Å². The molecule has 0 amide bonds. The fourth-order valence-corrected chi connectivity index (χ4v) is 6.93. The van der Waals surface area contributed by atoms with Gasteiger partial charge in [-0.2, -0.15) is 0 Å². The van der Waals surface area contributed by atoms with Crippen LogP contribution >= 0.6 is 0 Å². The summed E-state index contributed by atoms with van der Waals surface area (Å²) in [6, 6.07) is 8.94. The zero-order valence-corrected chi connectivity index (χ0v) is 17.7. The van der Waals surface area contributed by atoms with Gasteiger partial charge in [0.15, 0.2) is 5.78 Å². The molecule has 0 saturated heterocycles. The third-order valence-corrected chi connectivity index (χ3v) is 8.49. The van der Waals surface area contributed by atoms with Crippen LogP contribution in [0.3, 0.4) is 0 Å². The van der Waals surface area contributed by atoms with Crippen LogP contribution in [0.25, 0.3) is 5.57 Å². The van der Waals surface area contributed by atoms with Gasteiger partial charge >= 0.3 is 0 Å². The van der Waals surface area contributed by atoms with Crippen LogP contribution in [-0.4, -0.2) is 17.0 Å². The van der Waals surface area contributed by atoms with Crippen LogP contribution in [-0.2, 0) is 4.79 Å². The van der Waals surface area contributed by atoms with E-state index in [1.165, 1.54) is 22.3 Å². The monoisotopic (exact) mass is 388 g/mol. The number of hydrogen-bond donors (Lipinski definition) is 1. The summed E-state index contributed by atoms with van der Waals surface area (Å²) in [4.78, 5) is 12.1. The van der Waals surface area contributed by atoms with Crippen molar-refractivity contribution in [2.24, 2.45) is 17.3 Å². The largest absolute Gasteiger partial charge is 0.393 e. The third kappa shape index (κ3) is 2.91. The van der Waals surface area contributed by atoms with Gasteiger partial charge in [-0.15, -0.1) is 0 Å². The molecule has 2 saturated carbocycles. The Hall–Kier alpha value is -1.93. The fraction of sp³-hybridized carbons (Fsp3) is 0.519. The van der Waals surface area contributed by atoms with E-state index in [1.54, 1.807) is 5.57 Å². The fourth-order valence-electron chi connectivity index (χ4n) is 6.93. The molecule has 0 unspecified atom stereocenters. The second kappa shape index (κ2) is 6.80. The number of aliphatic hydroxyl groups is 1. The Morgan fingerprint density at radius 2 is 1.86 bits per heavy atom. The Kier molecular flexibility index (Phi) is 4.47. The molecule has 2 fully saturated rings. The number of benzene rings is 1. The first-order chi connectivity index (χ1) is 13.9. The summed E-state index contributed by atoms with van der Waals surface area (Å²) in [5.74, 6) is 1.77. The van der Waals surface area contributed by atoms with E-state index < -0.39 is 0 Å². The lowest BCUT2D eigenvalue weighted by Crippen LogP contribution is -2.45. The maximum absolute atomic E-state index is 12.1. The van der Waals surface area contributed by atoms with Gasteiger partial charge in [0.25, 0.3) is 0 Å². The van der Waals surface area contributed by atoms with E-state index in [0.717, 1.165) is 44.1 Å². The number of carbonyl (C=O) groups excluding carboxylic acids is 1. The summed E-state index contributed by atoms with van der Waals surface area (Å²) in [5.41, 5.74) is 8.03. The van der Waals surface area contributed by atoms with Crippen molar-refractivity contribution in [3.8, 4) is 0 Å². The number of fused-ring (bicyclic) bond motifs is 4. The molecule has 0 aromatic heterocycles. The van der Waals surface area contributed by atoms with Crippen molar-refractivity contribution in [1.29, 1.82) is 0 Å². The summed E-state index contributed by atoms with van der Waals surface area (Å²) >= 11 is 0. The smallest absolute Gasteiger partial charge is 0.156 e. The predicted molar refractivity (Wildman–Crippen MR) is 117 cm³/mol. The Labute approximate surface area is 174 Å². The van der Waals surface area contributed by atoms with E-state index in [-0.39, 0.29) is 11.5 Å². The molecule has 0 bridgehead atoms. The van der Waals surface area contributed by atoms with Gasteiger partial charge in [-0.05, 0) is 91.0 Å². The number of ketones is 1. The first-order valence-electron chi connectivity index (χ1n) is 11.3. The second-order valence-electron chi connectivity index (χ2n) is 10.1. The minimum absolute atomic E-state index is 0.00186. The van der Waals surface area contributed by atoms with E-state index in [2.05, 4.69) is 37.8 Å². The summed E-state index contributed by atoms with van der Waals surface area (Å²) in [6.07, 6.45) is 8.54. The van der Waals surface area contributed by atoms with Crippen molar-refractivity contribution in [2.45, 2.75) is 70.8 Å². The Balaban J connectivity index is 1.65. The molecule has 5 rings (SSSR count). The van der Waals surface area contributed by atoms with Crippen molar-refractivity contribution >= 4 is 11.4 Å². The molecule has 2 heteroatoms. The van der Waals surface area contributed by atoms with Crippen LogP contribution < -0.4 is 0 Å². The SMILES string of the molecule is C=C(C)c1ccc([C@H]2C[C@]3(C)[C@@H](O)CC[C@H]3[C@@H]3CCC4=CC(=O)CCC4=C32)cc1.